The Morgan fingerprint density at radius 2 is 0.875 bits per heavy atom. The van der Waals surface area contributed by atoms with Crippen molar-refractivity contribution in [2.24, 2.45) is 11.8 Å². The average molecular weight is 889 g/mol. The Morgan fingerprint density at radius 3 is 1.12 bits per heavy atom. The molecule has 0 aliphatic rings. The Hall–Kier alpha value is -2.62. The first-order valence-electron chi connectivity index (χ1n) is 19.6. The summed E-state index contributed by atoms with van der Waals surface area (Å²) < 4.78 is 11.9. The second-order valence-corrected chi connectivity index (χ2v) is 27.2. The summed E-state index contributed by atoms with van der Waals surface area (Å²) in [5, 5.41) is 5.24. The first-order valence-corrected chi connectivity index (χ1v) is 25.8. The summed E-state index contributed by atoms with van der Waals surface area (Å²) in [6.07, 6.45) is 2.21. The van der Waals surface area contributed by atoms with Crippen molar-refractivity contribution in [3.63, 3.8) is 0 Å². The molecule has 0 aliphatic carbocycles. The van der Waals surface area contributed by atoms with Gasteiger partial charge in [0.15, 0.2) is 0 Å². The molecule has 0 heterocycles. The van der Waals surface area contributed by atoms with E-state index in [0.29, 0.717) is 11.8 Å². The molecule has 300 valence electrons. The van der Waals surface area contributed by atoms with Gasteiger partial charge in [-0.3, -0.25) is 0 Å². The molecular formula is C50H66Cl2O2SiZr. The first kappa shape index (κ1) is 49.5. The molecule has 6 heteroatoms. The molecule has 2 nitrogen and oxygen atoms in total. The third-order valence-electron chi connectivity index (χ3n) is 9.48. The zero-order valence-electron chi connectivity index (χ0n) is 36.4. The van der Waals surface area contributed by atoms with E-state index in [1.807, 2.05) is 0 Å². The molecule has 0 saturated carbocycles. The number of fused-ring (bicyclic) bond motifs is 2. The predicted molar refractivity (Wildman–Crippen MR) is 250 cm³/mol. The second-order valence-electron chi connectivity index (χ2n) is 17.8. The van der Waals surface area contributed by atoms with E-state index in [4.69, 9.17) is 9.47 Å². The Labute approximate surface area is 367 Å². The molecule has 0 aromatic heterocycles. The molecule has 6 rings (SSSR count). The SMILES string of the molecule is COc1c(C(C)(C)C)cc2[cH-]c(CC(C)C)cc2c1-c1ccccc1.COc1c(C(C)(C)C)cc2[cH-]c(CC(C)C)cc2c1-c1ccccc1.C[Si](C)=[Zr+2].Cl.Cl. The van der Waals surface area contributed by atoms with Gasteiger partial charge in [-0.05, 0) is 68.9 Å². The Balaban J connectivity index is 0.000000342. The quantitative estimate of drug-likeness (QED) is 0.112. The summed E-state index contributed by atoms with van der Waals surface area (Å²) in [5.41, 5.74) is 10.5. The van der Waals surface area contributed by atoms with Crippen LogP contribution in [-0.4, -0.2) is 19.7 Å². The monoisotopic (exact) mass is 886 g/mol. The van der Waals surface area contributed by atoms with Crippen LogP contribution in [0.3, 0.4) is 0 Å². The molecular weight excluding hydrogens is 823 g/mol. The molecule has 0 aliphatic heterocycles. The number of hydrogen-bond acceptors (Lipinski definition) is 2. The molecule has 0 saturated heterocycles. The van der Waals surface area contributed by atoms with Crippen molar-refractivity contribution < 1.29 is 32.8 Å². The molecule has 0 amide bonds. The Bertz CT molecular complexity index is 1990. The van der Waals surface area contributed by atoms with Crippen molar-refractivity contribution in [3.05, 3.63) is 119 Å². The van der Waals surface area contributed by atoms with Crippen LogP contribution in [0, 0.1) is 11.8 Å². The minimum Gasteiger partial charge on any atom is -0.147 e. The van der Waals surface area contributed by atoms with Gasteiger partial charge in [-0.2, -0.15) is 12.1 Å². The Kier molecular flexibility index (Phi) is 18.9. The van der Waals surface area contributed by atoms with Gasteiger partial charge in [-0.25, -0.2) is 0 Å². The van der Waals surface area contributed by atoms with E-state index < -0.39 is 0 Å². The fraction of sp³-hybridized carbons (Fsp3) is 0.400. The van der Waals surface area contributed by atoms with Gasteiger partial charge < -0.3 is 9.47 Å². The molecule has 0 N–H and O–H groups in total. The number of halogens is 2. The van der Waals surface area contributed by atoms with Crippen LogP contribution in [0.2, 0.25) is 13.1 Å². The van der Waals surface area contributed by atoms with Crippen LogP contribution in [0.1, 0.15) is 91.5 Å². The van der Waals surface area contributed by atoms with E-state index in [0.717, 1.165) is 24.3 Å². The van der Waals surface area contributed by atoms with Gasteiger partial charge in [0, 0.05) is 0 Å². The molecule has 0 fully saturated rings. The number of methoxy groups -OCH3 is 2. The van der Waals surface area contributed by atoms with Crippen LogP contribution in [0.25, 0.3) is 43.8 Å². The van der Waals surface area contributed by atoms with Crippen molar-refractivity contribution in [2.75, 3.05) is 14.2 Å². The third kappa shape index (κ3) is 12.7. The van der Waals surface area contributed by atoms with E-state index in [1.54, 1.807) is 37.6 Å². The minimum absolute atomic E-state index is 0. The summed E-state index contributed by atoms with van der Waals surface area (Å²) in [5.74, 6) is 3.32. The summed E-state index contributed by atoms with van der Waals surface area (Å²) in [4.78, 5) is 0. The summed E-state index contributed by atoms with van der Waals surface area (Å²) in [6, 6.07) is 35.3. The molecule has 0 spiro atoms. The maximum absolute atomic E-state index is 5.96. The maximum atomic E-state index is 5.96. The van der Waals surface area contributed by atoms with Gasteiger partial charge in [0.25, 0.3) is 0 Å². The normalized spacial score (nSPS) is 11.3. The van der Waals surface area contributed by atoms with Gasteiger partial charge in [-0.1, -0.05) is 130 Å². The first-order chi connectivity index (χ1) is 25.3. The summed E-state index contributed by atoms with van der Waals surface area (Å²) in [6.45, 7) is 27.2. The van der Waals surface area contributed by atoms with E-state index >= 15 is 0 Å². The topological polar surface area (TPSA) is 18.5 Å². The maximum Gasteiger partial charge on any atom is -0.147 e. The van der Waals surface area contributed by atoms with Crippen LogP contribution in [0.4, 0.5) is 0 Å². The van der Waals surface area contributed by atoms with Crippen molar-refractivity contribution in [1.29, 1.82) is 0 Å². The van der Waals surface area contributed by atoms with Gasteiger partial charge in [-0.15, -0.1) is 81.8 Å². The van der Waals surface area contributed by atoms with Crippen LogP contribution < -0.4 is 9.47 Å². The molecule has 0 radical (unpaired) electrons. The van der Waals surface area contributed by atoms with Crippen LogP contribution in [-0.2, 0) is 47.0 Å². The number of hydrogen-bond donors (Lipinski definition) is 0. The second kappa shape index (κ2) is 21.4. The van der Waals surface area contributed by atoms with E-state index in [-0.39, 0.29) is 41.1 Å². The van der Waals surface area contributed by atoms with E-state index in [9.17, 15) is 0 Å². The predicted octanol–water partition coefficient (Wildman–Crippen LogP) is 15.1. The van der Waals surface area contributed by atoms with Gasteiger partial charge >= 0.3 is 41.9 Å². The van der Waals surface area contributed by atoms with Crippen molar-refractivity contribution in [2.45, 2.75) is 106 Å². The molecule has 0 unspecified atom stereocenters. The fourth-order valence-electron chi connectivity index (χ4n) is 7.30. The third-order valence-corrected chi connectivity index (χ3v) is 9.48. The zero-order valence-corrected chi connectivity index (χ0v) is 41.5. The van der Waals surface area contributed by atoms with Crippen molar-refractivity contribution >= 4 is 51.8 Å². The standard InChI is InChI=1S/2C24H29O.C2H6Si.2ClH.Zr/c2*1-16(2)12-17-13-19-15-21(24(3,4)5)23(25-6)22(20(19)14-17)18-10-8-7-9-11-18;1-3-2;;;/h2*7-11,13-16H,12H2,1-6H3;1-2H3;2*1H;/q2*-1;;;;+2. The molecule has 6 aromatic rings. The number of benzene rings is 4. The largest absolute Gasteiger partial charge is 0.147 e. The molecule has 6 aromatic carbocycles. The summed E-state index contributed by atoms with van der Waals surface area (Å²) >= 11 is 1.74. The van der Waals surface area contributed by atoms with Crippen LogP contribution in [0.5, 0.6) is 11.5 Å². The molecule has 0 bridgehead atoms. The van der Waals surface area contributed by atoms with Crippen molar-refractivity contribution in [3.8, 4) is 33.8 Å². The van der Waals surface area contributed by atoms with Crippen LogP contribution >= 0.6 is 24.8 Å². The fourth-order valence-corrected chi connectivity index (χ4v) is 7.30. The molecule has 56 heavy (non-hydrogen) atoms. The Morgan fingerprint density at radius 1 is 0.571 bits per heavy atom. The van der Waals surface area contributed by atoms with E-state index in [1.165, 1.54) is 66.1 Å². The number of ether oxygens (including phenoxy) is 2. The van der Waals surface area contributed by atoms with Gasteiger partial charge in [0.1, 0.15) is 11.5 Å². The molecule has 0 atom stereocenters. The van der Waals surface area contributed by atoms with Gasteiger partial charge in [0.2, 0.25) is 0 Å². The van der Waals surface area contributed by atoms with Crippen molar-refractivity contribution in [1.82, 2.24) is 0 Å². The zero-order chi connectivity index (χ0) is 40.0. The van der Waals surface area contributed by atoms with Crippen LogP contribution in [0.15, 0.2) is 97.1 Å². The smallest absolute Gasteiger partial charge is 0.147 e. The van der Waals surface area contributed by atoms with Gasteiger partial charge in [0.05, 0.1) is 14.2 Å². The van der Waals surface area contributed by atoms with E-state index in [2.05, 4.69) is 179 Å². The average Bonchev–Trinajstić information content (AvgIpc) is 3.68. The summed E-state index contributed by atoms with van der Waals surface area (Å²) in [7, 11) is 3.58. The minimum atomic E-state index is 0. The number of rotatable bonds is 8.